The van der Waals surface area contributed by atoms with E-state index in [2.05, 4.69) is 79.4 Å². The monoisotopic (exact) mass is 325 g/mol. The molecule has 2 aromatic rings. The molecule has 0 aliphatic carbocycles. The van der Waals surface area contributed by atoms with Crippen molar-refractivity contribution >= 4 is 8.80 Å². The minimum absolute atomic E-state index is 0.795. The lowest BCUT2D eigenvalue weighted by atomic mass is 10.2. The second kappa shape index (κ2) is 10.4. The molecule has 0 aromatic heterocycles. The van der Waals surface area contributed by atoms with E-state index in [1.807, 2.05) is 0 Å². The summed E-state index contributed by atoms with van der Waals surface area (Å²) in [6.45, 7) is 8.17. The number of hydrogen-bond acceptors (Lipinski definition) is 1. The molecule has 0 atom stereocenters. The number of hydrogen-bond donors (Lipinski definition) is 0. The Kier molecular flexibility index (Phi) is 8.12. The Hall–Kier alpha value is -1.38. The van der Waals surface area contributed by atoms with Gasteiger partial charge in [-0.1, -0.05) is 91.7 Å². The molecule has 0 aliphatic heterocycles. The summed E-state index contributed by atoms with van der Waals surface area (Å²) in [6.07, 6.45) is 1.36. The average Bonchev–Trinajstić information content (AvgIpc) is 2.60. The van der Waals surface area contributed by atoms with Gasteiger partial charge in [-0.15, -0.1) is 0 Å². The van der Waals surface area contributed by atoms with Crippen LogP contribution >= 0.6 is 0 Å². The zero-order valence-corrected chi connectivity index (χ0v) is 15.9. The Morgan fingerprint density at radius 3 is 1.65 bits per heavy atom. The van der Waals surface area contributed by atoms with Crippen molar-refractivity contribution < 1.29 is 0 Å². The molecule has 0 fully saturated rings. The molecule has 0 bridgehead atoms. The van der Waals surface area contributed by atoms with Crippen LogP contribution in [0.4, 0.5) is 0 Å². The van der Waals surface area contributed by atoms with Crippen LogP contribution in [0.15, 0.2) is 60.7 Å². The van der Waals surface area contributed by atoms with E-state index >= 15 is 0 Å². The van der Waals surface area contributed by atoms with Crippen LogP contribution in [0, 0.1) is 0 Å². The molecule has 2 aromatic carbocycles. The second-order valence-electron chi connectivity index (χ2n) is 6.41. The van der Waals surface area contributed by atoms with Gasteiger partial charge in [0.25, 0.3) is 0 Å². The van der Waals surface area contributed by atoms with Crippen molar-refractivity contribution in [3.63, 3.8) is 0 Å². The smallest absolute Gasteiger partial charge is 0.0458 e. The minimum Gasteiger partial charge on any atom is -0.304 e. The molecule has 0 saturated carbocycles. The van der Waals surface area contributed by atoms with Gasteiger partial charge in [0.05, 0.1) is 0 Å². The van der Waals surface area contributed by atoms with E-state index in [9.17, 15) is 0 Å². The molecule has 0 saturated heterocycles. The summed E-state index contributed by atoms with van der Waals surface area (Å²) in [4.78, 5) is 2.55. The molecular weight excluding hydrogens is 294 g/mol. The average molecular weight is 326 g/mol. The normalized spacial score (nSPS) is 11.3. The lowest BCUT2D eigenvalue weighted by Gasteiger charge is -2.20. The van der Waals surface area contributed by atoms with E-state index in [4.69, 9.17) is 0 Å². The SMILES string of the molecule is CCN(CC)CCC[SiH](Cc1ccccc1)Cc1ccccc1. The Morgan fingerprint density at radius 1 is 0.739 bits per heavy atom. The van der Waals surface area contributed by atoms with Crippen molar-refractivity contribution in [3.8, 4) is 0 Å². The summed E-state index contributed by atoms with van der Waals surface area (Å²) in [5, 5.41) is 0. The molecule has 23 heavy (non-hydrogen) atoms. The standard InChI is InChI=1S/C21H31NSi/c1-3-22(4-2)16-11-17-23(18-20-12-7-5-8-13-20)19-21-14-9-6-10-15-21/h5-10,12-15,23H,3-4,11,16-19H2,1-2H3. The van der Waals surface area contributed by atoms with Crippen LogP contribution in [-0.4, -0.2) is 33.3 Å². The van der Waals surface area contributed by atoms with Crippen LogP contribution in [0.2, 0.25) is 6.04 Å². The molecule has 0 heterocycles. The minimum atomic E-state index is -0.795. The predicted octanol–water partition coefficient (Wildman–Crippen LogP) is 4.51. The van der Waals surface area contributed by atoms with E-state index in [1.54, 1.807) is 0 Å². The van der Waals surface area contributed by atoms with Crippen molar-refractivity contribution in [2.24, 2.45) is 0 Å². The highest BCUT2D eigenvalue weighted by Gasteiger charge is 2.13. The van der Waals surface area contributed by atoms with E-state index < -0.39 is 8.80 Å². The molecule has 1 nitrogen and oxygen atoms in total. The molecule has 2 rings (SSSR count). The highest BCUT2D eigenvalue weighted by Crippen LogP contribution is 2.13. The van der Waals surface area contributed by atoms with Gasteiger partial charge in [0.15, 0.2) is 0 Å². The van der Waals surface area contributed by atoms with Gasteiger partial charge in [-0.05, 0) is 38.1 Å². The number of nitrogens with zero attached hydrogens (tertiary/aromatic N) is 1. The van der Waals surface area contributed by atoms with E-state index in [0.29, 0.717) is 0 Å². The zero-order chi connectivity index (χ0) is 16.3. The number of rotatable bonds is 10. The van der Waals surface area contributed by atoms with Crippen molar-refractivity contribution in [2.75, 3.05) is 19.6 Å². The van der Waals surface area contributed by atoms with E-state index in [0.717, 1.165) is 0 Å². The van der Waals surface area contributed by atoms with Gasteiger partial charge in [0, 0.05) is 8.80 Å². The summed E-state index contributed by atoms with van der Waals surface area (Å²) in [7, 11) is -0.795. The Labute approximate surface area is 144 Å². The molecule has 124 valence electrons. The third-order valence-electron chi connectivity index (χ3n) is 4.72. The summed E-state index contributed by atoms with van der Waals surface area (Å²) >= 11 is 0. The van der Waals surface area contributed by atoms with Crippen LogP contribution in [0.3, 0.4) is 0 Å². The maximum atomic E-state index is 2.55. The van der Waals surface area contributed by atoms with Crippen LogP contribution in [0.1, 0.15) is 31.4 Å². The first-order chi connectivity index (χ1) is 11.3. The van der Waals surface area contributed by atoms with Gasteiger partial charge in [-0.2, -0.15) is 0 Å². The third-order valence-corrected chi connectivity index (χ3v) is 8.04. The first kappa shape index (κ1) is 18.0. The molecule has 2 heteroatoms. The van der Waals surface area contributed by atoms with E-state index in [1.165, 1.54) is 55.3 Å². The van der Waals surface area contributed by atoms with Gasteiger partial charge in [-0.3, -0.25) is 0 Å². The second-order valence-corrected chi connectivity index (χ2v) is 9.54. The largest absolute Gasteiger partial charge is 0.304 e. The van der Waals surface area contributed by atoms with Crippen molar-refractivity contribution in [3.05, 3.63) is 71.8 Å². The number of benzene rings is 2. The zero-order valence-electron chi connectivity index (χ0n) is 14.7. The summed E-state index contributed by atoms with van der Waals surface area (Å²) in [6, 6.07) is 26.3. The fourth-order valence-corrected chi connectivity index (χ4v) is 6.50. The maximum absolute atomic E-state index is 2.55. The van der Waals surface area contributed by atoms with Gasteiger partial charge in [-0.25, -0.2) is 0 Å². The summed E-state index contributed by atoms with van der Waals surface area (Å²) in [5.74, 6) is 0. The molecule has 0 amide bonds. The summed E-state index contributed by atoms with van der Waals surface area (Å²) < 4.78 is 0. The maximum Gasteiger partial charge on any atom is 0.0458 e. The summed E-state index contributed by atoms with van der Waals surface area (Å²) in [5.41, 5.74) is 3.06. The Balaban J connectivity index is 1.93. The van der Waals surface area contributed by atoms with Gasteiger partial charge in [0.1, 0.15) is 0 Å². The predicted molar refractivity (Wildman–Crippen MR) is 105 cm³/mol. The third kappa shape index (κ3) is 6.72. The lowest BCUT2D eigenvalue weighted by molar-refractivity contribution is 0.304. The van der Waals surface area contributed by atoms with Gasteiger partial charge >= 0.3 is 0 Å². The quantitative estimate of drug-likeness (QED) is 0.581. The van der Waals surface area contributed by atoms with Crippen LogP contribution in [0.5, 0.6) is 0 Å². The van der Waals surface area contributed by atoms with Crippen molar-refractivity contribution in [2.45, 2.75) is 38.4 Å². The van der Waals surface area contributed by atoms with Crippen LogP contribution in [0.25, 0.3) is 0 Å². The molecule has 0 aliphatic rings. The Bertz CT molecular complexity index is 481. The fourth-order valence-electron chi connectivity index (χ4n) is 3.31. The fraction of sp³-hybridized carbons (Fsp3) is 0.429. The van der Waals surface area contributed by atoms with Crippen molar-refractivity contribution in [1.29, 1.82) is 0 Å². The van der Waals surface area contributed by atoms with Crippen LogP contribution in [-0.2, 0) is 12.1 Å². The van der Waals surface area contributed by atoms with Gasteiger partial charge in [0.2, 0.25) is 0 Å². The highest BCUT2D eigenvalue weighted by molar-refractivity contribution is 6.57. The van der Waals surface area contributed by atoms with Gasteiger partial charge < -0.3 is 4.90 Å². The topological polar surface area (TPSA) is 3.24 Å². The molecule has 0 spiro atoms. The highest BCUT2D eigenvalue weighted by atomic mass is 28.3. The molecule has 0 radical (unpaired) electrons. The first-order valence-corrected chi connectivity index (χ1v) is 11.6. The lowest BCUT2D eigenvalue weighted by Crippen LogP contribution is -2.27. The van der Waals surface area contributed by atoms with Crippen LogP contribution < -0.4 is 0 Å². The Morgan fingerprint density at radius 2 is 1.22 bits per heavy atom. The van der Waals surface area contributed by atoms with Crippen molar-refractivity contribution in [1.82, 2.24) is 4.90 Å². The molecular formula is C21H31NSi. The first-order valence-electron chi connectivity index (χ1n) is 9.12. The molecule has 0 N–H and O–H groups in total. The molecule has 0 unspecified atom stereocenters. The van der Waals surface area contributed by atoms with E-state index in [-0.39, 0.29) is 0 Å².